The Morgan fingerprint density at radius 3 is 2.75 bits per heavy atom. The zero-order chi connectivity index (χ0) is 16.2. The predicted molar refractivity (Wildman–Crippen MR) is 92.4 cm³/mol. The van der Waals surface area contributed by atoms with Crippen LogP contribution in [0.3, 0.4) is 0 Å². The van der Waals surface area contributed by atoms with Crippen LogP contribution in [0.1, 0.15) is 11.1 Å². The molecule has 0 bridgehead atoms. The number of benzene rings is 1. The van der Waals surface area contributed by atoms with E-state index >= 15 is 0 Å². The molecule has 6 nitrogen and oxygen atoms in total. The molecule has 0 aliphatic rings. The van der Waals surface area contributed by atoms with E-state index in [9.17, 15) is 0 Å². The summed E-state index contributed by atoms with van der Waals surface area (Å²) in [6, 6.07) is 14.1. The highest BCUT2D eigenvalue weighted by molar-refractivity contribution is 5.85. The lowest BCUT2D eigenvalue weighted by molar-refractivity contribution is 0.686. The monoisotopic (exact) mass is 316 g/mol. The Morgan fingerprint density at radius 2 is 1.83 bits per heavy atom. The van der Waals surface area contributed by atoms with Crippen molar-refractivity contribution in [1.82, 2.24) is 24.7 Å². The smallest absolute Gasteiger partial charge is 0.164 e. The van der Waals surface area contributed by atoms with Gasteiger partial charge in [-0.3, -0.25) is 4.68 Å². The summed E-state index contributed by atoms with van der Waals surface area (Å²) in [6.07, 6.45) is 7.17. The average molecular weight is 316 g/mol. The number of hydrogen-bond donors (Lipinski definition) is 1. The molecule has 6 heteroatoms. The molecule has 0 fully saturated rings. The minimum atomic E-state index is 0.649. The standard InChI is InChI=1S/C18H16N6/c1-2-5-14(6-3-1)11-24-12-15(10-23-24)9-20-18-16-7-4-8-19-17(16)21-13-22-18/h1-8,10,12-13H,9,11H2,(H,19,20,21,22). The van der Waals surface area contributed by atoms with E-state index in [0.29, 0.717) is 12.2 Å². The number of aromatic nitrogens is 5. The quantitative estimate of drug-likeness (QED) is 0.613. The zero-order valence-electron chi connectivity index (χ0n) is 13.0. The Labute approximate surface area is 139 Å². The third kappa shape index (κ3) is 3.08. The summed E-state index contributed by atoms with van der Waals surface area (Å²) in [4.78, 5) is 12.7. The van der Waals surface area contributed by atoms with E-state index in [1.165, 1.54) is 11.9 Å². The van der Waals surface area contributed by atoms with E-state index in [4.69, 9.17) is 0 Å². The van der Waals surface area contributed by atoms with Crippen molar-refractivity contribution in [2.24, 2.45) is 0 Å². The predicted octanol–water partition coefficient (Wildman–Crippen LogP) is 2.88. The number of rotatable bonds is 5. The second-order valence-electron chi connectivity index (χ2n) is 5.48. The Bertz CT molecular complexity index is 943. The third-order valence-corrected chi connectivity index (χ3v) is 3.74. The van der Waals surface area contributed by atoms with Gasteiger partial charge < -0.3 is 5.32 Å². The molecule has 1 aromatic carbocycles. The number of pyridine rings is 1. The molecule has 0 amide bonds. The zero-order valence-corrected chi connectivity index (χ0v) is 13.0. The van der Waals surface area contributed by atoms with Gasteiger partial charge in [-0.15, -0.1) is 0 Å². The van der Waals surface area contributed by atoms with Crippen molar-refractivity contribution in [1.29, 1.82) is 0 Å². The van der Waals surface area contributed by atoms with E-state index in [1.807, 2.05) is 47.4 Å². The fraction of sp³-hybridized carbons (Fsp3) is 0.111. The van der Waals surface area contributed by atoms with Crippen LogP contribution in [-0.4, -0.2) is 24.7 Å². The normalized spacial score (nSPS) is 10.8. The van der Waals surface area contributed by atoms with Gasteiger partial charge in [0.15, 0.2) is 5.65 Å². The molecule has 4 rings (SSSR count). The van der Waals surface area contributed by atoms with E-state index < -0.39 is 0 Å². The first-order valence-corrected chi connectivity index (χ1v) is 7.73. The Morgan fingerprint density at radius 1 is 0.917 bits per heavy atom. The maximum absolute atomic E-state index is 4.42. The van der Waals surface area contributed by atoms with Crippen molar-refractivity contribution in [2.45, 2.75) is 13.1 Å². The lowest BCUT2D eigenvalue weighted by Gasteiger charge is -2.06. The second-order valence-corrected chi connectivity index (χ2v) is 5.48. The Kier molecular flexibility index (Phi) is 3.85. The molecule has 0 aliphatic heterocycles. The van der Waals surface area contributed by atoms with Crippen LogP contribution in [0.25, 0.3) is 11.0 Å². The van der Waals surface area contributed by atoms with Gasteiger partial charge in [0.2, 0.25) is 0 Å². The average Bonchev–Trinajstić information content (AvgIpc) is 3.08. The third-order valence-electron chi connectivity index (χ3n) is 3.74. The van der Waals surface area contributed by atoms with Crippen LogP contribution < -0.4 is 5.32 Å². The summed E-state index contributed by atoms with van der Waals surface area (Å²) in [5.41, 5.74) is 3.02. The van der Waals surface area contributed by atoms with Gasteiger partial charge in [-0.05, 0) is 17.7 Å². The molecular weight excluding hydrogens is 300 g/mol. The SMILES string of the molecule is c1ccc(Cn2cc(CNc3ncnc4ncccc34)cn2)cc1. The maximum Gasteiger partial charge on any atom is 0.164 e. The van der Waals surface area contributed by atoms with Crippen molar-refractivity contribution >= 4 is 16.9 Å². The van der Waals surface area contributed by atoms with Crippen LogP contribution in [0, 0.1) is 0 Å². The maximum atomic E-state index is 4.42. The summed E-state index contributed by atoms with van der Waals surface area (Å²) >= 11 is 0. The van der Waals surface area contributed by atoms with Gasteiger partial charge in [-0.1, -0.05) is 30.3 Å². The van der Waals surface area contributed by atoms with Crippen molar-refractivity contribution < 1.29 is 0 Å². The molecule has 1 N–H and O–H groups in total. The molecule has 0 aliphatic carbocycles. The fourth-order valence-electron chi connectivity index (χ4n) is 2.58. The molecule has 0 atom stereocenters. The molecule has 0 saturated heterocycles. The van der Waals surface area contributed by atoms with Crippen LogP contribution in [0.2, 0.25) is 0 Å². The summed E-state index contributed by atoms with van der Waals surface area (Å²) in [7, 11) is 0. The van der Waals surface area contributed by atoms with Crippen LogP contribution >= 0.6 is 0 Å². The van der Waals surface area contributed by atoms with Crippen LogP contribution in [0.5, 0.6) is 0 Å². The lowest BCUT2D eigenvalue weighted by Crippen LogP contribution is -2.03. The van der Waals surface area contributed by atoms with Crippen molar-refractivity contribution in [2.75, 3.05) is 5.32 Å². The summed E-state index contributed by atoms with van der Waals surface area (Å²) in [5.74, 6) is 0.781. The van der Waals surface area contributed by atoms with E-state index in [0.717, 1.165) is 23.3 Å². The molecular formula is C18H16N6. The summed E-state index contributed by atoms with van der Waals surface area (Å²) in [5, 5.41) is 8.67. The highest BCUT2D eigenvalue weighted by Gasteiger charge is 2.05. The largest absolute Gasteiger partial charge is 0.365 e. The first-order valence-electron chi connectivity index (χ1n) is 7.73. The van der Waals surface area contributed by atoms with Crippen LogP contribution in [0.4, 0.5) is 5.82 Å². The second kappa shape index (κ2) is 6.45. The number of fused-ring (bicyclic) bond motifs is 1. The molecule has 118 valence electrons. The number of nitrogens with one attached hydrogen (secondary N) is 1. The van der Waals surface area contributed by atoms with Gasteiger partial charge in [0.05, 0.1) is 18.1 Å². The summed E-state index contributed by atoms with van der Waals surface area (Å²) < 4.78 is 1.94. The number of hydrogen-bond acceptors (Lipinski definition) is 5. The number of nitrogens with zero attached hydrogens (tertiary/aromatic N) is 5. The highest BCUT2D eigenvalue weighted by atomic mass is 15.3. The van der Waals surface area contributed by atoms with Gasteiger partial charge in [0.1, 0.15) is 12.1 Å². The molecule has 0 spiro atoms. The molecule has 3 aromatic heterocycles. The van der Waals surface area contributed by atoms with Crippen molar-refractivity contribution in [3.8, 4) is 0 Å². The summed E-state index contributed by atoms with van der Waals surface area (Å²) in [6.45, 7) is 1.41. The van der Waals surface area contributed by atoms with Crippen LogP contribution in [-0.2, 0) is 13.1 Å². The van der Waals surface area contributed by atoms with Crippen molar-refractivity contribution in [3.05, 3.63) is 78.5 Å². The van der Waals surface area contributed by atoms with Crippen molar-refractivity contribution in [3.63, 3.8) is 0 Å². The van der Waals surface area contributed by atoms with Gasteiger partial charge in [0.25, 0.3) is 0 Å². The van der Waals surface area contributed by atoms with Gasteiger partial charge in [0, 0.05) is 24.5 Å². The Balaban J connectivity index is 1.46. The Hall–Kier alpha value is -3.28. The van der Waals surface area contributed by atoms with E-state index in [2.05, 4.69) is 37.5 Å². The topological polar surface area (TPSA) is 68.5 Å². The van der Waals surface area contributed by atoms with Crippen LogP contribution in [0.15, 0.2) is 67.4 Å². The molecule has 3 heterocycles. The fourth-order valence-corrected chi connectivity index (χ4v) is 2.58. The van der Waals surface area contributed by atoms with Gasteiger partial charge in [-0.2, -0.15) is 5.10 Å². The highest BCUT2D eigenvalue weighted by Crippen LogP contribution is 2.17. The van der Waals surface area contributed by atoms with Gasteiger partial charge in [-0.25, -0.2) is 15.0 Å². The first-order chi connectivity index (χ1) is 11.9. The molecule has 0 radical (unpaired) electrons. The molecule has 4 aromatic rings. The van der Waals surface area contributed by atoms with E-state index in [-0.39, 0.29) is 0 Å². The molecule has 24 heavy (non-hydrogen) atoms. The van der Waals surface area contributed by atoms with E-state index in [1.54, 1.807) is 6.20 Å². The molecule has 0 unspecified atom stereocenters. The first kappa shape index (κ1) is 14.3. The lowest BCUT2D eigenvalue weighted by atomic mass is 10.2. The minimum Gasteiger partial charge on any atom is -0.365 e. The molecule has 0 saturated carbocycles. The minimum absolute atomic E-state index is 0.649. The van der Waals surface area contributed by atoms with Gasteiger partial charge >= 0.3 is 0 Å². The number of anilines is 1.